The van der Waals surface area contributed by atoms with Crippen LogP contribution in [0.15, 0.2) is 48.8 Å². The van der Waals surface area contributed by atoms with Crippen molar-refractivity contribution in [3.8, 4) is 11.3 Å². The Morgan fingerprint density at radius 2 is 1.79 bits per heavy atom. The fourth-order valence-corrected chi connectivity index (χ4v) is 4.42. The van der Waals surface area contributed by atoms with E-state index >= 15 is 0 Å². The van der Waals surface area contributed by atoms with Crippen LogP contribution < -0.4 is 0 Å². The lowest BCUT2D eigenvalue weighted by Gasteiger charge is -2.28. The third-order valence-electron chi connectivity index (χ3n) is 5.90. The topological polar surface area (TPSA) is 45.8 Å². The molecule has 3 heteroatoms. The highest BCUT2D eigenvalue weighted by molar-refractivity contribution is 6.02. The predicted molar refractivity (Wildman–Crippen MR) is 118 cm³/mol. The third-order valence-corrected chi connectivity index (χ3v) is 5.90. The lowest BCUT2D eigenvalue weighted by Crippen LogP contribution is -2.27. The van der Waals surface area contributed by atoms with E-state index in [1.807, 2.05) is 24.5 Å². The summed E-state index contributed by atoms with van der Waals surface area (Å²) in [6.07, 6.45) is 5.87. The van der Waals surface area contributed by atoms with Crippen LogP contribution in [0.1, 0.15) is 73.8 Å². The lowest BCUT2D eigenvalue weighted by molar-refractivity contribution is 0.0911. The van der Waals surface area contributed by atoms with Gasteiger partial charge in [-0.2, -0.15) is 0 Å². The molecule has 0 saturated heterocycles. The van der Waals surface area contributed by atoms with E-state index in [4.69, 9.17) is 0 Å². The molecule has 1 aliphatic carbocycles. The standard InChI is InChI=1S/C26H30N2O/c1-25(2,3)19-8-6-7-17(13-19)14-20-23-21(15-26(4,5)16-22(23)29)28-24(20)18-9-11-27-12-10-18/h6-13,28H,14-16H2,1-5H3. The van der Waals surface area contributed by atoms with Gasteiger partial charge in [-0.15, -0.1) is 0 Å². The van der Waals surface area contributed by atoms with Gasteiger partial charge in [-0.25, -0.2) is 0 Å². The summed E-state index contributed by atoms with van der Waals surface area (Å²) < 4.78 is 0. The SMILES string of the molecule is CC1(C)CC(=O)c2c([nH]c(-c3ccncc3)c2Cc2cccc(C(C)(C)C)c2)C1. The zero-order chi connectivity index (χ0) is 20.8. The minimum atomic E-state index is -0.00608. The minimum absolute atomic E-state index is 0.00608. The van der Waals surface area contributed by atoms with Crippen molar-refractivity contribution in [2.75, 3.05) is 0 Å². The summed E-state index contributed by atoms with van der Waals surface area (Å²) in [5, 5.41) is 0. The van der Waals surface area contributed by atoms with Crippen LogP contribution in [0.25, 0.3) is 11.3 Å². The average Bonchev–Trinajstić information content (AvgIpc) is 2.99. The smallest absolute Gasteiger partial charge is 0.165 e. The number of aromatic amines is 1. The quantitative estimate of drug-likeness (QED) is 0.589. The molecule has 1 aliphatic rings. The Bertz CT molecular complexity index is 1050. The van der Waals surface area contributed by atoms with Crippen molar-refractivity contribution < 1.29 is 4.79 Å². The second-order valence-electron chi connectivity index (χ2n) is 10.1. The molecule has 2 aromatic heterocycles. The molecule has 150 valence electrons. The van der Waals surface area contributed by atoms with E-state index in [9.17, 15) is 4.79 Å². The number of benzene rings is 1. The summed E-state index contributed by atoms with van der Waals surface area (Å²) in [6, 6.07) is 12.8. The number of rotatable bonds is 3. The number of nitrogens with zero attached hydrogens (tertiary/aromatic N) is 1. The Morgan fingerprint density at radius 1 is 1.07 bits per heavy atom. The molecule has 0 unspecified atom stereocenters. The first kappa shape index (κ1) is 19.6. The molecular formula is C26H30N2O. The second kappa shape index (κ2) is 6.98. The highest BCUT2D eigenvalue weighted by Gasteiger charge is 2.35. The molecule has 0 atom stereocenters. The molecule has 3 aromatic rings. The fourth-order valence-electron chi connectivity index (χ4n) is 4.42. The molecule has 0 fully saturated rings. The Kier molecular flexibility index (Phi) is 4.72. The normalized spacial score (nSPS) is 16.0. The van der Waals surface area contributed by atoms with Crippen LogP contribution in [0, 0.1) is 5.41 Å². The molecule has 0 amide bonds. The molecule has 0 aliphatic heterocycles. The summed E-state index contributed by atoms with van der Waals surface area (Å²) in [7, 11) is 0. The Balaban J connectivity index is 1.84. The maximum absolute atomic E-state index is 13.2. The summed E-state index contributed by atoms with van der Waals surface area (Å²) in [5.74, 6) is 0.259. The van der Waals surface area contributed by atoms with Gasteiger partial charge in [0.15, 0.2) is 5.78 Å². The van der Waals surface area contributed by atoms with Gasteiger partial charge in [0.2, 0.25) is 0 Å². The first-order valence-corrected chi connectivity index (χ1v) is 10.4. The number of carbonyl (C=O) groups is 1. The van der Waals surface area contributed by atoms with Crippen LogP contribution in [0.4, 0.5) is 0 Å². The fraction of sp³-hybridized carbons (Fsp3) is 0.385. The largest absolute Gasteiger partial charge is 0.358 e. The summed E-state index contributed by atoms with van der Waals surface area (Å²) in [4.78, 5) is 20.9. The van der Waals surface area contributed by atoms with Gasteiger partial charge in [-0.3, -0.25) is 9.78 Å². The number of ketones is 1. The summed E-state index contributed by atoms with van der Waals surface area (Å²) >= 11 is 0. The Labute approximate surface area is 173 Å². The number of nitrogens with one attached hydrogen (secondary N) is 1. The molecule has 2 heterocycles. The van der Waals surface area contributed by atoms with Crippen LogP contribution in [-0.2, 0) is 18.3 Å². The van der Waals surface area contributed by atoms with Crippen LogP contribution in [0.5, 0.6) is 0 Å². The molecule has 1 N–H and O–H groups in total. The lowest BCUT2D eigenvalue weighted by atomic mass is 9.75. The molecule has 0 spiro atoms. The summed E-state index contributed by atoms with van der Waals surface area (Å²) in [5.41, 5.74) is 7.92. The van der Waals surface area contributed by atoms with E-state index in [1.54, 1.807) is 0 Å². The molecule has 3 nitrogen and oxygen atoms in total. The maximum atomic E-state index is 13.2. The van der Waals surface area contributed by atoms with Gasteiger partial charge in [0, 0.05) is 42.1 Å². The van der Waals surface area contributed by atoms with Crippen molar-refractivity contribution in [2.24, 2.45) is 5.41 Å². The molecule has 0 saturated carbocycles. The number of carbonyl (C=O) groups excluding carboxylic acids is 1. The number of fused-ring (bicyclic) bond motifs is 1. The van der Waals surface area contributed by atoms with E-state index in [0.717, 1.165) is 40.9 Å². The van der Waals surface area contributed by atoms with Gasteiger partial charge >= 0.3 is 0 Å². The zero-order valence-electron chi connectivity index (χ0n) is 18.1. The zero-order valence-corrected chi connectivity index (χ0v) is 18.1. The van der Waals surface area contributed by atoms with Gasteiger partial charge in [0.05, 0.1) is 5.69 Å². The molecule has 0 bridgehead atoms. The minimum Gasteiger partial charge on any atom is -0.358 e. The van der Waals surface area contributed by atoms with E-state index in [0.29, 0.717) is 6.42 Å². The Hall–Kier alpha value is -2.68. The first-order valence-electron chi connectivity index (χ1n) is 10.4. The van der Waals surface area contributed by atoms with Crippen molar-refractivity contribution >= 4 is 5.78 Å². The molecular weight excluding hydrogens is 356 g/mol. The van der Waals surface area contributed by atoms with Crippen LogP contribution in [0.3, 0.4) is 0 Å². The number of hydrogen-bond donors (Lipinski definition) is 1. The molecule has 29 heavy (non-hydrogen) atoms. The molecule has 0 radical (unpaired) electrons. The van der Waals surface area contributed by atoms with Crippen molar-refractivity contribution in [1.82, 2.24) is 9.97 Å². The number of H-pyrrole nitrogens is 1. The maximum Gasteiger partial charge on any atom is 0.165 e. The highest BCUT2D eigenvalue weighted by atomic mass is 16.1. The number of hydrogen-bond acceptors (Lipinski definition) is 2. The van der Waals surface area contributed by atoms with Crippen molar-refractivity contribution in [3.05, 3.63) is 76.7 Å². The first-order chi connectivity index (χ1) is 13.6. The van der Waals surface area contributed by atoms with Gasteiger partial charge < -0.3 is 4.98 Å². The highest BCUT2D eigenvalue weighted by Crippen LogP contribution is 2.40. The van der Waals surface area contributed by atoms with E-state index in [2.05, 4.69) is 68.9 Å². The van der Waals surface area contributed by atoms with Gasteiger partial charge in [-0.1, -0.05) is 58.9 Å². The average molecular weight is 387 g/mol. The van der Waals surface area contributed by atoms with Crippen molar-refractivity contribution in [1.29, 1.82) is 0 Å². The van der Waals surface area contributed by atoms with Gasteiger partial charge in [0.25, 0.3) is 0 Å². The number of aromatic nitrogens is 2. The second-order valence-corrected chi connectivity index (χ2v) is 10.1. The Morgan fingerprint density at radius 3 is 2.48 bits per heavy atom. The van der Waals surface area contributed by atoms with Crippen LogP contribution in [-0.4, -0.2) is 15.8 Å². The molecule has 1 aromatic carbocycles. The van der Waals surface area contributed by atoms with Gasteiger partial charge in [0.1, 0.15) is 0 Å². The van der Waals surface area contributed by atoms with Crippen molar-refractivity contribution in [2.45, 2.75) is 59.3 Å². The molecule has 4 rings (SSSR count). The predicted octanol–water partition coefficient (Wildman–Crippen LogP) is 6.12. The van der Waals surface area contributed by atoms with E-state index in [1.165, 1.54) is 11.1 Å². The van der Waals surface area contributed by atoms with E-state index < -0.39 is 0 Å². The van der Waals surface area contributed by atoms with E-state index in [-0.39, 0.29) is 16.6 Å². The van der Waals surface area contributed by atoms with Crippen LogP contribution in [0.2, 0.25) is 0 Å². The number of pyridine rings is 1. The van der Waals surface area contributed by atoms with Gasteiger partial charge in [-0.05, 0) is 46.1 Å². The van der Waals surface area contributed by atoms with Crippen LogP contribution >= 0.6 is 0 Å². The number of Topliss-reactive ketones (excluding diaryl/α,β-unsaturated/α-hetero) is 1. The van der Waals surface area contributed by atoms with Crippen molar-refractivity contribution in [3.63, 3.8) is 0 Å². The third kappa shape index (κ3) is 3.91. The monoisotopic (exact) mass is 386 g/mol. The summed E-state index contributed by atoms with van der Waals surface area (Å²) in [6.45, 7) is 11.1.